The Kier molecular flexibility index (Phi) is 4.81. The van der Waals surface area contributed by atoms with Crippen molar-refractivity contribution < 1.29 is 9.53 Å². The molecule has 0 bridgehead atoms. The number of fused-ring (bicyclic) bond motifs is 1. The Balaban J connectivity index is 1.95. The fourth-order valence-electron chi connectivity index (χ4n) is 3.03. The number of ether oxygens (including phenoxy) is 1. The molecule has 3 nitrogen and oxygen atoms in total. The first-order chi connectivity index (χ1) is 9.97. The number of methoxy groups -OCH3 is 1. The molecular formula is C18H25NO2. The number of aliphatic imine (C=N–C) groups is 1. The van der Waals surface area contributed by atoms with Gasteiger partial charge >= 0.3 is 5.97 Å². The van der Waals surface area contributed by atoms with Crippen LogP contribution in [0.3, 0.4) is 0 Å². The van der Waals surface area contributed by atoms with Gasteiger partial charge < -0.3 is 4.74 Å². The van der Waals surface area contributed by atoms with Crippen LogP contribution in [0.2, 0.25) is 0 Å². The van der Waals surface area contributed by atoms with E-state index in [-0.39, 0.29) is 11.4 Å². The van der Waals surface area contributed by atoms with Crippen LogP contribution in [0.4, 0.5) is 5.69 Å². The van der Waals surface area contributed by atoms with Gasteiger partial charge in [0.25, 0.3) is 0 Å². The molecule has 1 aromatic carbocycles. The summed E-state index contributed by atoms with van der Waals surface area (Å²) in [5.74, 6) is -0.110. The van der Waals surface area contributed by atoms with Crippen molar-refractivity contribution >= 4 is 17.4 Å². The van der Waals surface area contributed by atoms with Crippen molar-refractivity contribution in [3.8, 4) is 0 Å². The fourth-order valence-corrected chi connectivity index (χ4v) is 3.03. The number of esters is 1. The summed E-state index contributed by atoms with van der Waals surface area (Å²) >= 11 is 0. The van der Waals surface area contributed by atoms with E-state index in [1.54, 1.807) is 0 Å². The normalized spacial score (nSPS) is 20.1. The van der Waals surface area contributed by atoms with E-state index in [1.807, 2.05) is 0 Å². The number of benzene rings is 1. The highest BCUT2D eigenvalue weighted by Gasteiger charge is 2.36. The number of hydrogen-bond acceptors (Lipinski definition) is 3. The molecule has 0 aromatic heterocycles. The third-order valence-corrected chi connectivity index (χ3v) is 4.62. The minimum Gasteiger partial charge on any atom is -0.469 e. The second kappa shape index (κ2) is 6.42. The van der Waals surface area contributed by atoms with E-state index < -0.39 is 0 Å². The van der Waals surface area contributed by atoms with Gasteiger partial charge in [-0.3, -0.25) is 9.79 Å². The Morgan fingerprint density at radius 3 is 2.71 bits per heavy atom. The van der Waals surface area contributed by atoms with Gasteiger partial charge in [-0.15, -0.1) is 0 Å². The molecule has 3 heteroatoms. The number of carbonyl (C=O) groups excluding carboxylic acids is 1. The third kappa shape index (κ3) is 3.34. The first kappa shape index (κ1) is 15.7. The molecule has 1 heterocycles. The Bertz CT molecular complexity index is 562. The topological polar surface area (TPSA) is 38.7 Å². The van der Waals surface area contributed by atoms with E-state index in [0.29, 0.717) is 6.42 Å². The van der Waals surface area contributed by atoms with Gasteiger partial charge in [0.15, 0.2) is 0 Å². The van der Waals surface area contributed by atoms with Gasteiger partial charge in [-0.25, -0.2) is 0 Å². The van der Waals surface area contributed by atoms with Crippen LogP contribution in [-0.2, 0) is 14.9 Å². The summed E-state index contributed by atoms with van der Waals surface area (Å²) in [5, 5.41) is 0. The number of carbonyl (C=O) groups is 1. The lowest BCUT2D eigenvalue weighted by molar-refractivity contribution is -0.140. The SMILES string of the molecule is COC(=O)CCCCCC1(C)C(C)=Nc2ccc(C)cc21. The minimum atomic E-state index is -0.110. The van der Waals surface area contributed by atoms with Gasteiger partial charge in [0.05, 0.1) is 12.8 Å². The van der Waals surface area contributed by atoms with Crippen molar-refractivity contribution in [1.82, 2.24) is 0 Å². The second-order valence-electron chi connectivity index (χ2n) is 6.19. The highest BCUT2D eigenvalue weighted by molar-refractivity contribution is 5.99. The van der Waals surface area contributed by atoms with Gasteiger partial charge in [-0.2, -0.15) is 0 Å². The number of unbranched alkanes of at least 4 members (excludes halogenated alkanes) is 2. The van der Waals surface area contributed by atoms with Gasteiger partial charge in [-0.05, 0) is 38.3 Å². The van der Waals surface area contributed by atoms with Crippen molar-refractivity contribution in [3.63, 3.8) is 0 Å². The van der Waals surface area contributed by atoms with E-state index in [4.69, 9.17) is 4.99 Å². The van der Waals surface area contributed by atoms with Crippen LogP contribution in [0.5, 0.6) is 0 Å². The molecule has 0 saturated heterocycles. The number of aryl methyl sites for hydroxylation is 1. The van der Waals surface area contributed by atoms with Crippen molar-refractivity contribution in [2.45, 2.75) is 58.3 Å². The fraction of sp³-hybridized carbons (Fsp3) is 0.556. The van der Waals surface area contributed by atoms with Gasteiger partial charge in [0, 0.05) is 17.5 Å². The minimum absolute atomic E-state index is 0.0482. The highest BCUT2D eigenvalue weighted by atomic mass is 16.5. The van der Waals surface area contributed by atoms with Crippen LogP contribution >= 0.6 is 0 Å². The zero-order valence-electron chi connectivity index (χ0n) is 13.5. The first-order valence-corrected chi connectivity index (χ1v) is 7.71. The number of hydrogen-bond donors (Lipinski definition) is 0. The van der Waals surface area contributed by atoms with Crippen LogP contribution in [0, 0.1) is 6.92 Å². The summed E-state index contributed by atoms with van der Waals surface area (Å²) in [6, 6.07) is 6.51. The molecule has 1 unspecified atom stereocenters. The molecule has 1 atom stereocenters. The molecule has 0 spiro atoms. The molecule has 21 heavy (non-hydrogen) atoms. The molecule has 0 amide bonds. The predicted molar refractivity (Wildman–Crippen MR) is 86.4 cm³/mol. The lowest BCUT2D eigenvalue weighted by Gasteiger charge is -2.26. The lowest BCUT2D eigenvalue weighted by atomic mass is 9.75. The zero-order valence-corrected chi connectivity index (χ0v) is 13.5. The van der Waals surface area contributed by atoms with Gasteiger partial charge in [-0.1, -0.05) is 37.5 Å². The summed E-state index contributed by atoms with van der Waals surface area (Å²) in [6.07, 6.45) is 4.67. The molecule has 2 rings (SSSR count). The van der Waals surface area contributed by atoms with E-state index in [1.165, 1.54) is 23.9 Å². The maximum Gasteiger partial charge on any atom is 0.305 e. The summed E-state index contributed by atoms with van der Waals surface area (Å²) in [7, 11) is 1.45. The molecule has 0 radical (unpaired) electrons. The maximum absolute atomic E-state index is 11.1. The standard InChI is InChI=1S/C18H25NO2/c1-13-9-10-16-15(12-13)18(3,14(2)19-16)11-7-5-6-8-17(20)21-4/h9-10,12H,5-8,11H2,1-4H3. The molecular weight excluding hydrogens is 262 g/mol. The van der Waals surface area contributed by atoms with Gasteiger partial charge in [0.2, 0.25) is 0 Å². The summed E-state index contributed by atoms with van der Waals surface area (Å²) in [6.45, 7) is 6.55. The number of nitrogens with zero attached hydrogens (tertiary/aromatic N) is 1. The maximum atomic E-state index is 11.1. The average molecular weight is 287 g/mol. The molecule has 0 fully saturated rings. The van der Waals surface area contributed by atoms with E-state index in [0.717, 1.165) is 31.4 Å². The van der Waals surface area contributed by atoms with Crippen molar-refractivity contribution in [2.24, 2.45) is 4.99 Å². The van der Waals surface area contributed by atoms with Crippen LogP contribution in [0.25, 0.3) is 0 Å². The molecule has 0 saturated carbocycles. The van der Waals surface area contributed by atoms with E-state index >= 15 is 0 Å². The van der Waals surface area contributed by atoms with E-state index in [9.17, 15) is 4.79 Å². The Labute approximate surface area is 127 Å². The zero-order chi connectivity index (χ0) is 15.5. The monoisotopic (exact) mass is 287 g/mol. The van der Waals surface area contributed by atoms with Crippen LogP contribution in [0.15, 0.2) is 23.2 Å². The predicted octanol–water partition coefficient (Wildman–Crippen LogP) is 4.48. The molecule has 1 aliphatic rings. The average Bonchev–Trinajstić information content (AvgIpc) is 2.70. The smallest absolute Gasteiger partial charge is 0.305 e. The largest absolute Gasteiger partial charge is 0.469 e. The Hall–Kier alpha value is -1.64. The lowest BCUT2D eigenvalue weighted by Crippen LogP contribution is -2.27. The van der Waals surface area contributed by atoms with Crippen molar-refractivity contribution in [2.75, 3.05) is 7.11 Å². The molecule has 0 N–H and O–H groups in total. The summed E-state index contributed by atoms with van der Waals surface area (Å²) in [4.78, 5) is 15.8. The van der Waals surface area contributed by atoms with Crippen molar-refractivity contribution in [1.29, 1.82) is 0 Å². The quantitative estimate of drug-likeness (QED) is 0.571. The van der Waals surface area contributed by atoms with Crippen LogP contribution in [-0.4, -0.2) is 18.8 Å². The Morgan fingerprint density at radius 2 is 2.00 bits per heavy atom. The highest BCUT2D eigenvalue weighted by Crippen LogP contribution is 2.43. The first-order valence-electron chi connectivity index (χ1n) is 7.71. The number of rotatable bonds is 6. The van der Waals surface area contributed by atoms with Crippen LogP contribution < -0.4 is 0 Å². The molecule has 114 valence electrons. The second-order valence-corrected chi connectivity index (χ2v) is 6.19. The van der Waals surface area contributed by atoms with E-state index in [2.05, 4.69) is 43.7 Å². The third-order valence-electron chi connectivity index (χ3n) is 4.62. The molecule has 1 aromatic rings. The summed E-state index contributed by atoms with van der Waals surface area (Å²) < 4.78 is 4.67. The summed E-state index contributed by atoms with van der Waals surface area (Å²) in [5.41, 5.74) is 5.02. The molecule has 1 aliphatic heterocycles. The van der Waals surface area contributed by atoms with Gasteiger partial charge in [0.1, 0.15) is 0 Å². The van der Waals surface area contributed by atoms with Crippen molar-refractivity contribution in [3.05, 3.63) is 29.3 Å². The molecule has 0 aliphatic carbocycles. The van der Waals surface area contributed by atoms with Crippen LogP contribution in [0.1, 0.15) is 57.1 Å². The Morgan fingerprint density at radius 1 is 1.24 bits per heavy atom.